The summed E-state index contributed by atoms with van der Waals surface area (Å²) in [5, 5.41) is 2.51. The van der Waals surface area contributed by atoms with E-state index in [1.807, 2.05) is 23.1 Å². The molecule has 2 aromatic carbocycles. The highest BCUT2D eigenvalue weighted by Gasteiger charge is 2.31. The smallest absolute Gasteiger partial charge is 0.316 e. The highest BCUT2D eigenvalue weighted by atomic mass is 16.6. The molecule has 7 nitrogen and oxygen atoms in total. The molecule has 0 aromatic heterocycles. The van der Waals surface area contributed by atoms with Crippen molar-refractivity contribution < 1.29 is 19.1 Å². The zero-order chi connectivity index (χ0) is 18.8. The molecular formula is C20H21N3O4. The van der Waals surface area contributed by atoms with Gasteiger partial charge in [-0.05, 0) is 48.7 Å². The number of anilines is 1. The predicted molar refractivity (Wildman–Crippen MR) is 100 cm³/mol. The molecule has 2 aromatic rings. The Bertz CT molecular complexity index is 883. The summed E-state index contributed by atoms with van der Waals surface area (Å²) < 4.78 is 11.3. The third-order valence-corrected chi connectivity index (χ3v) is 4.84. The van der Waals surface area contributed by atoms with Crippen molar-refractivity contribution in [1.82, 2.24) is 4.90 Å². The van der Waals surface area contributed by atoms with Crippen LogP contribution in [0.4, 0.5) is 10.5 Å². The van der Waals surface area contributed by atoms with E-state index in [4.69, 9.17) is 15.2 Å². The number of ether oxygens (including phenoxy) is 2. The first kappa shape index (κ1) is 17.2. The summed E-state index contributed by atoms with van der Waals surface area (Å²) in [5.74, 6) is 1.40. The third kappa shape index (κ3) is 3.53. The molecule has 4 rings (SSSR count). The Kier molecular flexibility index (Phi) is 4.58. The summed E-state index contributed by atoms with van der Waals surface area (Å²) in [6.07, 6.45) is 1.83. The maximum absolute atomic E-state index is 13.1. The van der Waals surface area contributed by atoms with Gasteiger partial charge < -0.3 is 25.4 Å². The first-order chi connectivity index (χ1) is 13.1. The molecule has 2 aliphatic heterocycles. The molecule has 2 heterocycles. The molecule has 1 fully saturated rings. The Morgan fingerprint density at radius 3 is 2.70 bits per heavy atom. The summed E-state index contributed by atoms with van der Waals surface area (Å²) >= 11 is 0. The van der Waals surface area contributed by atoms with E-state index in [2.05, 4.69) is 5.32 Å². The fourth-order valence-electron chi connectivity index (χ4n) is 3.66. The second-order valence-corrected chi connectivity index (χ2v) is 6.63. The van der Waals surface area contributed by atoms with Crippen LogP contribution in [0.15, 0.2) is 42.5 Å². The number of carbonyl (C=O) groups excluding carboxylic acids is 2. The minimum atomic E-state index is -0.657. The Hall–Kier alpha value is -3.22. The monoisotopic (exact) mass is 367 g/mol. The Morgan fingerprint density at radius 1 is 1.07 bits per heavy atom. The molecule has 27 heavy (non-hydrogen) atoms. The Labute approximate surface area is 157 Å². The third-order valence-electron chi connectivity index (χ3n) is 4.84. The molecule has 0 radical (unpaired) electrons. The van der Waals surface area contributed by atoms with Crippen LogP contribution >= 0.6 is 0 Å². The number of amides is 3. The average molecular weight is 367 g/mol. The molecule has 1 saturated heterocycles. The summed E-state index contributed by atoms with van der Waals surface area (Å²) in [5.41, 5.74) is 7.22. The number of urea groups is 1. The Morgan fingerprint density at radius 2 is 1.89 bits per heavy atom. The fourth-order valence-corrected chi connectivity index (χ4v) is 3.66. The van der Waals surface area contributed by atoms with E-state index in [1.54, 1.807) is 24.3 Å². The molecule has 0 bridgehead atoms. The molecule has 0 saturated carbocycles. The molecule has 7 heteroatoms. The van der Waals surface area contributed by atoms with E-state index in [9.17, 15) is 9.59 Å². The number of nitrogens with two attached hydrogens (primary N) is 1. The van der Waals surface area contributed by atoms with Gasteiger partial charge in [0.15, 0.2) is 11.5 Å². The summed E-state index contributed by atoms with van der Waals surface area (Å²) in [7, 11) is 0. The van der Waals surface area contributed by atoms with Crippen molar-refractivity contribution in [1.29, 1.82) is 0 Å². The lowest BCUT2D eigenvalue weighted by atomic mass is 10.0. The van der Waals surface area contributed by atoms with E-state index in [0.717, 1.165) is 29.9 Å². The standard InChI is InChI=1S/C20H21N3O4/c21-20(25)22-15-4-1-3-14(11-15)19(24)23-8-2-5-16(23)13-6-7-17-18(12-13)27-10-9-26-17/h1,3-4,6-7,11-12,16H,2,5,8-10H2,(H3,21,22,25)/t16-/m1/s1. The molecule has 3 N–H and O–H groups in total. The van der Waals surface area contributed by atoms with Crippen LogP contribution in [0.1, 0.15) is 34.8 Å². The van der Waals surface area contributed by atoms with Crippen molar-refractivity contribution in [2.24, 2.45) is 5.73 Å². The molecular weight excluding hydrogens is 346 g/mol. The van der Waals surface area contributed by atoms with Crippen molar-refractivity contribution >= 4 is 17.6 Å². The van der Waals surface area contributed by atoms with Gasteiger partial charge in [-0.25, -0.2) is 4.79 Å². The number of primary amides is 1. The molecule has 140 valence electrons. The lowest BCUT2D eigenvalue weighted by Gasteiger charge is -2.27. The second kappa shape index (κ2) is 7.19. The minimum absolute atomic E-state index is 0.0129. The molecule has 0 aliphatic carbocycles. The predicted octanol–water partition coefficient (Wildman–Crippen LogP) is 2.93. The average Bonchev–Trinajstić information content (AvgIpc) is 3.16. The van der Waals surface area contributed by atoms with Crippen LogP contribution in [-0.2, 0) is 0 Å². The number of hydrogen-bond donors (Lipinski definition) is 2. The maximum Gasteiger partial charge on any atom is 0.316 e. The van der Waals surface area contributed by atoms with Gasteiger partial charge in [0.1, 0.15) is 13.2 Å². The number of carbonyl (C=O) groups is 2. The van der Waals surface area contributed by atoms with Crippen molar-refractivity contribution in [3.05, 3.63) is 53.6 Å². The van der Waals surface area contributed by atoms with Gasteiger partial charge >= 0.3 is 6.03 Å². The molecule has 1 atom stereocenters. The van der Waals surface area contributed by atoms with Crippen molar-refractivity contribution in [2.45, 2.75) is 18.9 Å². The van der Waals surface area contributed by atoms with Gasteiger partial charge in [0.2, 0.25) is 0 Å². The van der Waals surface area contributed by atoms with Gasteiger partial charge in [0.25, 0.3) is 5.91 Å². The van der Waals surface area contributed by atoms with E-state index in [-0.39, 0.29) is 11.9 Å². The maximum atomic E-state index is 13.1. The van der Waals surface area contributed by atoms with E-state index in [1.165, 1.54) is 0 Å². The van der Waals surface area contributed by atoms with Crippen LogP contribution in [0.3, 0.4) is 0 Å². The van der Waals surface area contributed by atoms with Gasteiger partial charge in [-0.1, -0.05) is 12.1 Å². The quantitative estimate of drug-likeness (QED) is 0.872. The van der Waals surface area contributed by atoms with E-state index < -0.39 is 6.03 Å². The van der Waals surface area contributed by atoms with Crippen LogP contribution in [0.5, 0.6) is 11.5 Å². The van der Waals surface area contributed by atoms with Crippen molar-refractivity contribution in [3.63, 3.8) is 0 Å². The Balaban J connectivity index is 1.58. The molecule has 2 aliphatic rings. The van der Waals surface area contributed by atoms with Crippen LogP contribution in [0.25, 0.3) is 0 Å². The number of hydrogen-bond acceptors (Lipinski definition) is 4. The number of rotatable bonds is 3. The van der Waals surface area contributed by atoms with Gasteiger partial charge in [0.05, 0.1) is 6.04 Å². The normalized spacial score (nSPS) is 18.2. The first-order valence-corrected chi connectivity index (χ1v) is 8.99. The molecule has 0 unspecified atom stereocenters. The number of likely N-dealkylation sites (tertiary alicyclic amines) is 1. The summed E-state index contributed by atoms with van der Waals surface area (Å²) in [6.45, 7) is 1.77. The topological polar surface area (TPSA) is 93.9 Å². The highest BCUT2D eigenvalue weighted by Crippen LogP contribution is 2.38. The van der Waals surface area contributed by atoms with Crippen LogP contribution < -0.4 is 20.5 Å². The van der Waals surface area contributed by atoms with E-state index in [0.29, 0.717) is 31.0 Å². The molecule has 3 amide bonds. The van der Waals surface area contributed by atoms with Crippen molar-refractivity contribution in [3.8, 4) is 11.5 Å². The van der Waals surface area contributed by atoms with Crippen LogP contribution in [-0.4, -0.2) is 36.6 Å². The van der Waals surface area contributed by atoms with Gasteiger partial charge in [-0.15, -0.1) is 0 Å². The van der Waals surface area contributed by atoms with Crippen LogP contribution in [0, 0.1) is 0 Å². The second-order valence-electron chi connectivity index (χ2n) is 6.63. The summed E-state index contributed by atoms with van der Waals surface area (Å²) in [4.78, 5) is 26.0. The lowest BCUT2D eigenvalue weighted by Crippen LogP contribution is -2.30. The largest absolute Gasteiger partial charge is 0.486 e. The zero-order valence-electron chi connectivity index (χ0n) is 14.8. The molecule has 0 spiro atoms. The van der Waals surface area contributed by atoms with Crippen molar-refractivity contribution in [2.75, 3.05) is 25.1 Å². The van der Waals surface area contributed by atoms with Gasteiger partial charge in [0, 0.05) is 17.8 Å². The first-order valence-electron chi connectivity index (χ1n) is 8.99. The van der Waals surface area contributed by atoms with Gasteiger partial charge in [-0.2, -0.15) is 0 Å². The van der Waals surface area contributed by atoms with Crippen LogP contribution in [0.2, 0.25) is 0 Å². The van der Waals surface area contributed by atoms with E-state index >= 15 is 0 Å². The number of benzene rings is 2. The lowest BCUT2D eigenvalue weighted by molar-refractivity contribution is 0.0735. The number of fused-ring (bicyclic) bond motifs is 1. The zero-order valence-corrected chi connectivity index (χ0v) is 14.8. The van der Waals surface area contributed by atoms with Gasteiger partial charge in [-0.3, -0.25) is 4.79 Å². The highest BCUT2D eigenvalue weighted by molar-refractivity contribution is 5.97. The fraction of sp³-hybridized carbons (Fsp3) is 0.300. The summed E-state index contributed by atoms with van der Waals surface area (Å²) in [6, 6.07) is 12.0. The number of nitrogens with zero attached hydrogens (tertiary/aromatic N) is 1. The number of nitrogens with one attached hydrogen (secondary N) is 1. The SMILES string of the molecule is NC(=O)Nc1cccc(C(=O)N2CCC[C@@H]2c2ccc3c(c2)OCCO3)c1. The minimum Gasteiger partial charge on any atom is -0.486 e.